The van der Waals surface area contributed by atoms with E-state index in [4.69, 9.17) is 4.42 Å². The molecule has 1 saturated heterocycles. The van der Waals surface area contributed by atoms with Gasteiger partial charge in [0, 0.05) is 24.8 Å². The number of carbonyl (C=O) groups excluding carboxylic acids is 4. The number of rotatable bonds is 4. The van der Waals surface area contributed by atoms with Crippen LogP contribution in [-0.2, 0) is 26.3 Å². The summed E-state index contributed by atoms with van der Waals surface area (Å²) in [5, 5.41) is 5.28. The van der Waals surface area contributed by atoms with Crippen molar-refractivity contribution >= 4 is 35.1 Å². The monoisotopic (exact) mass is 396 g/mol. The molecular formula is C20H20N4O5. The Morgan fingerprint density at radius 2 is 2.07 bits per heavy atom. The molecule has 1 atom stereocenters. The lowest BCUT2D eigenvalue weighted by atomic mass is 9.99. The molecule has 1 aromatic heterocycles. The van der Waals surface area contributed by atoms with Crippen LogP contribution in [-0.4, -0.2) is 41.7 Å². The molecule has 2 aliphatic rings. The van der Waals surface area contributed by atoms with Gasteiger partial charge in [-0.25, -0.2) is 4.79 Å². The van der Waals surface area contributed by atoms with Crippen LogP contribution in [0.5, 0.6) is 0 Å². The van der Waals surface area contributed by atoms with Gasteiger partial charge >= 0.3 is 6.03 Å². The van der Waals surface area contributed by atoms with Crippen molar-refractivity contribution in [3.63, 3.8) is 0 Å². The molecule has 2 N–H and O–H groups in total. The van der Waals surface area contributed by atoms with Crippen LogP contribution in [0.3, 0.4) is 0 Å². The largest absolute Gasteiger partial charge is 0.466 e. The van der Waals surface area contributed by atoms with E-state index in [-0.39, 0.29) is 5.91 Å². The number of benzene rings is 1. The van der Waals surface area contributed by atoms with Crippen LogP contribution < -0.4 is 15.5 Å². The highest BCUT2D eigenvalue weighted by molar-refractivity contribution is 6.10. The average molecular weight is 396 g/mol. The topological polar surface area (TPSA) is 112 Å². The summed E-state index contributed by atoms with van der Waals surface area (Å²) in [7, 11) is 0. The van der Waals surface area contributed by atoms with Crippen LogP contribution >= 0.6 is 0 Å². The van der Waals surface area contributed by atoms with Gasteiger partial charge in [-0.1, -0.05) is 0 Å². The van der Waals surface area contributed by atoms with Crippen molar-refractivity contribution in [3.8, 4) is 0 Å². The first kappa shape index (κ1) is 18.7. The van der Waals surface area contributed by atoms with Crippen molar-refractivity contribution in [1.82, 2.24) is 10.2 Å². The number of fused-ring (bicyclic) bond motifs is 1. The molecule has 2 aliphatic heterocycles. The van der Waals surface area contributed by atoms with Crippen molar-refractivity contribution in [3.05, 3.63) is 47.9 Å². The number of furan rings is 1. The van der Waals surface area contributed by atoms with Gasteiger partial charge < -0.3 is 20.0 Å². The third-order valence-corrected chi connectivity index (χ3v) is 5.23. The zero-order valence-electron chi connectivity index (χ0n) is 16.0. The minimum atomic E-state index is -1.34. The molecule has 1 aromatic carbocycles. The lowest BCUT2D eigenvalue weighted by molar-refractivity contribution is -0.134. The Balaban J connectivity index is 1.45. The Kier molecular flexibility index (Phi) is 4.37. The second-order valence-corrected chi connectivity index (χ2v) is 7.24. The van der Waals surface area contributed by atoms with Crippen molar-refractivity contribution in [1.29, 1.82) is 0 Å². The second-order valence-electron chi connectivity index (χ2n) is 7.24. The smallest absolute Gasteiger partial charge is 0.325 e. The van der Waals surface area contributed by atoms with Crippen molar-refractivity contribution < 1.29 is 23.6 Å². The van der Waals surface area contributed by atoms with Crippen LogP contribution in [0.1, 0.15) is 25.2 Å². The zero-order chi connectivity index (χ0) is 20.8. The van der Waals surface area contributed by atoms with Gasteiger partial charge in [-0.2, -0.15) is 0 Å². The molecule has 1 unspecified atom stereocenters. The zero-order valence-corrected chi connectivity index (χ0v) is 16.0. The van der Waals surface area contributed by atoms with E-state index in [2.05, 4.69) is 10.6 Å². The quantitative estimate of drug-likeness (QED) is 0.763. The number of hydrogen-bond donors (Lipinski definition) is 2. The Morgan fingerprint density at radius 1 is 1.28 bits per heavy atom. The number of carbonyl (C=O) groups is 4. The van der Waals surface area contributed by atoms with Gasteiger partial charge in [0.15, 0.2) is 5.54 Å². The van der Waals surface area contributed by atoms with E-state index >= 15 is 0 Å². The summed E-state index contributed by atoms with van der Waals surface area (Å²) in [6.45, 7) is 3.23. The molecule has 1 fully saturated rings. The fraction of sp³-hybridized carbons (Fsp3) is 0.300. The third-order valence-electron chi connectivity index (χ3n) is 5.23. The SMILES string of the molecule is CC(=O)N1CCc2cc(NC(=O)CN3C(=O)NC(C)(c4ccco4)C3=O)ccc21. The van der Waals surface area contributed by atoms with E-state index in [1.165, 1.54) is 20.1 Å². The van der Waals surface area contributed by atoms with Gasteiger partial charge in [-0.05, 0) is 49.2 Å². The Hall–Kier alpha value is -3.62. The van der Waals surface area contributed by atoms with E-state index in [1.807, 2.05) is 0 Å². The van der Waals surface area contributed by atoms with Gasteiger partial charge in [-0.3, -0.25) is 19.3 Å². The van der Waals surface area contributed by atoms with Crippen LogP contribution in [0.2, 0.25) is 0 Å². The number of anilines is 2. The predicted octanol–water partition coefficient (Wildman–Crippen LogP) is 1.59. The average Bonchev–Trinajstić information content (AvgIpc) is 3.38. The van der Waals surface area contributed by atoms with Gasteiger partial charge in [0.25, 0.3) is 5.91 Å². The summed E-state index contributed by atoms with van der Waals surface area (Å²) < 4.78 is 5.27. The van der Waals surface area contributed by atoms with Crippen molar-refractivity contribution in [2.75, 3.05) is 23.3 Å². The molecule has 0 radical (unpaired) electrons. The lowest BCUT2D eigenvalue weighted by Crippen LogP contribution is -2.41. The van der Waals surface area contributed by atoms with E-state index in [0.717, 1.165) is 16.2 Å². The molecule has 0 saturated carbocycles. The molecule has 29 heavy (non-hydrogen) atoms. The fourth-order valence-corrected chi connectivity index (χ4v) is 3.72. The highest BCUT2D eigenvalue weighted by Crippen LogP contribution is 2.31. The van der Waals surface area contributed by atoms with Gasteiger partial charge in [0.1, 0.15) is 12.3 Å². The first-order valence-electron chi connectivity index (χ1n) is 9.18. The molecule has 9 heteroatoms. The normalized spacial score (nSPS) is 20.6. The van der Waals surface area contributed by atoms with Crippen molar-refractivity contribution in [2.24, 2.45) is 0 Å². The molecule has 2 aromatic rings. The summed E-state index contributed by atoms with van der Waals surface area (Å²) in [6.07, 6.45) is 2.11. The van der Waals surface area contributed by atoms with E-state index in [9.17, 15) is 19.2 Å². The number of urea groups is 1. The van der Waals surface area contributed by atoms with Gasteiger partial charge in [0.05, 0.1) is 6.26 Å². The predicted molar refractivity (Wildman–Crippen MR) is 103 cm³/mol. The molecule has 3 heterocycles. The Bertz CT molecular complexity index is 1020. The lowest BCUT2D eigenvalue weighted by Gasteiger charge is -2.19. The second kappa shape index (κ2) is 6.77. The minimum Gasteiger partial charge on any atom is -0.466 e. The maximum atomic E-state index is 12.7. The highest BCUT2D eigenvalue weighted by atomic mass is 16.3. The summed E-state index contributed by atoms with van der Waals surface area (Å²) >= 11 is 0. The minimum absolute atomic E-state index is 0.0290. The Morgan fingerprint density at radius 3 is 2.76 bits per heavy atom. The molecule has 0 aliphatic carbocycles. The van der Waals surface area contributed by atoms with Crippen LogP contribution in [0.25, 0.3) is 0 Å². The summed E-state index contributed by atoms with van der Waals surface area (Å²) in [5.41, 5.74) is 0.988. The number of hydrogen-bond acceptors (Lipinski definition) is 5. The molecule has 0 spiro atoms. The van der Waals surface area contributed by atoms with E-state index < -0.39 is 29.9 Å². The Labute approximate surface area is 166 Å². The van der Waals surface area contributed by atoms with Gasteiger partial charge in [-0.15, -0.1) is 0 Å². The number of amides is 5. The third kappa shape index (κ3) is 3.14. The maximum Gasteiger partial charge on any atom is 0.325 e. The summed E-state index contributed by atoms with van der Waals surface area (Å²) in [4.78, 5) is 51.7. The molecule has 9 nitrogen and oxygen atoms in total. The summed E-state index contributed by atoms with van der Waals surface area (Å²) in [5.74, 6) is -0.789. The molecule has 5 amide bonds. The first-order valence-corrected chi connectivity index (χ1v) is 9.18. The fourth-order valence-electron chi connectivity index (χ4n) is 3.72. The highest BCUT2D eigenvalue weighted by Gasteiger charge is 2.51. The van der Waals surface area contributed by atoms with E-state index in [0.29, 0.717) is 24.4 Å². The molecular weight excluding hydrogens is 376 g/mol. The molecule has 4 rings (SSSR count). The van der Waals surface area contributed by atoms with Crippen LogP contribution in [0, 0.1) is 0 Å². The van der Waals surface area contributed by atoms with Crippen molar-refractivity contribution in [2.45, 2.75) is 25.8 Å². The first-order chi connectivity index (χ1) is 13.8. The van der Waals surface area contributed by atoms with Gasteiger partial charge in [0.2, 0.25) is 11.8 Å². The number of nitrogens with zero attached hydrogens (tertiary/aromatic N) is 2. The van der Waals surface area contributed by atoms with E-state index in [1.54, 1.807) is 35.2 Å². The van der Waals surface area contributed by atoms with Crippen LogP contribution in [0.4, 0.5) is 16.2 Å². The molecule has 150 valence electrons. The number of nitrogens with one attached hydrogen (secondary N) is 2. The molecule has 0 bridgehead atoms. The summed E-state index contributed by atoms with van der Waals surface area (Å²) in [6, 6.07) is 7.83. The standard InChI is InChI=1S/C20H20N4O5/c1-12(25)23-8-7-13-10-14(5-6-15(13)23)21-17(26)11-24-18(27)20(2,22-19(24)28)16-4-3-9-29-16/h3-6,9-10H,7-8,11H2,1-2H3,(H,21,26)(H,22,28). The maximum absolute atomic E-state index is 12.7. The number of imide groups is 1. The van der Waals surface area contributed by atoms with Crippen LogP contribution in [0.15, 0.2) is 41.0 Å².